The van der Waals surface area contributed by atoms with Gasteiger partial charge in [0.05, 0.1) is 12.1 Å². The highest BCUT2D eigenvalue weighted by atomic mass is 16.2. The normalized spacial score (nSPS) is 25.4. The quantitative estimate of drug-likeness (QED) is 0.850. The number of hydrogen-bond donors (Lipinski definition) is 1. The molecular formula is C17H25N5O2. The lowest BCUT2D eigenvalue weighted by Gasteiger charge is -2.36. The number of amides is 2. The van der Waals surface area contributed by atoms with Crippen LogP contribution in [0, 0.1) is 5.92 Å². The van der Waals surface area contributed by atoms with Crippen LogP contribution in [0.5, 0.6) is 0 Å². The maximum absolute atomic E-state index is 12.1. The van der Waals surface area contributed by atoms with Gasteiger partial charge in [-0.05, 0) is 25.7 Å². The molecule has 0 saturated carbocycles. The summed E-state index contributed by atoms with van der Waals surface area (Å²) in [4.78, 5) is 27.8. The summed E-state index contributed by atoms with van der Waals surface area (Å²) in [5.41, 5.74) is 8.12. The van der Waals surface area contributed by atoms with Crippen LogP contribution in [0.1, 0.15) is 36.9 Å². The number of fused-ring (bicyclic) bond motifs is 1. The molecule has 1 unspecified atom stereocenters. The van der Waals surface area contributed by atoms with Crippen LogP contribution in [-0.2, 0) is 29.1 Å². The molecule has 2 saturated heterocycles. The van der Waals surface area contributed by atoms with Crippen LogP contribution in [0.2, 0.25) is 0 Å². The number of likely N-dealkylation sites (tertiary alicyclic amines) is 2. The van der Waals surface area contributed by atoms with E-state index in [1.54, 1.807) is 0 Å². The molecule has 7 nitrogen and oxygen atoms in total. The molecule has 1 atom stereocenters. The van der Waals surface area contributed by atoms with Gasteiger partial charge in [0.25, 0.3) is 0 Å². The summed E-state index contributed by atoms with van der Waals surface area (Å²) in [6.07, 6.45) is 6.60. The topological polar surface area (TPSA) is 84.5 Å². The second-order valence-electron chi connectivity index (χ2n) is 7.30. The molecule has 0 aromatic carbocycles. The van der Waals surface area contributed by atoms with Crippen LogP contribution < -0.4 is 5.73 Å². The number of nitrogens with zero attached hydrogens (tertiary/aromatic N) is 4. The second kappa shape index (κ2) is 6.20. The highest BCUT2D eigenvalue weighted by molar-refractivity contribution is 5.88. The fourth-order valence-electron chi connectivity index (χ4n) is 4.37. The van der Waals surface area contributed by atoms with Crippen LogP contribution >= 0.6 is 0 Å². The number of piperidine rings is 1. The molecule has 1 aromatic rings. The average molecular weight is 331 g/mol. The minimum Gasteiger partial charge on any atom is -0.369 e. The van der Waals surface area contributed by atoms with Crippen molar-refractivity contribution in [2.45, 2.75) is 51.2 Å². The van der Waals surface area contributed by atoms with Crippen LogP contribution in [0.25, 0.3) is 0 Å². The summed E-state index contributed by atoms with van der Waals surface area (Å²) in [5, 5.41) is 4.47. The summed E-state index contributed by atoms with van der Waals surface area (Å²) < 4.78 is 2.13. The van der Waals surface area contributed by atoms with E-state index >= 15 is 0 Å². The fraction of sp³-hybridized carbons (Fsp3) is 0.706. The van der Waals surface area contributed by atoms with Crippen molar-refractivity contribution in [3.63, 3.8) is 0 Å². The Hall–Kier alpha value is -1.89. The van der Waals surface area contributed by atoms with E-state index in [-0.39, 0.29) is 30.2 Å². The SMILES string of the molecule is NC(=O)C1CC(=O)N(C2CCN(Cc3cnn4c3CCC4)CC2)C1. The van der Waals surface area contributed by atoms with E-state index in [1.165, 1.54) is 17.7 Å². The Bertz CT molecular complexity index is 647. The molecule has 130 valence electrons. The molecular weight excluding hydrogens is 306 g/mol. The second-order valence-corrected chi connectivity index (χ2v) is 7.30. The van der Waals surface area contributed by atoms with Crippen LogP contribution in [-0.4, -0.2) is 57.1 Å². The third kappa shape index (κ3) is 2.81. The van der Waals surface area contributed by atoms with Gasteiger partial charge in [0.1, 0.15) is 0 Å². The van der Waals surface area contributed by atoms with Crippen molar-refractivity contribution in [1.82, 2.24) is 19.6 Å². The largest absolute Gasteiger partial charge is 0.369 e. The predicted octanol–water partition coefficient (Wildman–Crippen LogP) is 0.127. The highest BCUT2D eigenvalue weighted by Gasteiger charge is 2.38. The molecule has 24 heavy (non-hydrogen) atoms. The molecule has 0 spiro atoms. The molecule has 4 heterocycles. The number of primary amides is 1. The van der Waals surface area contributed by atoms with E-state index in [4.69, 9.17) is 5.73 Å². The Labute approximate surface area is 141 Å². The number of carbonyl (C=O) groups excluding carboxylic acids is 2. The van der Waals surface area contributed by atoms with Gasteiger partial charge in [-0.2, -0.15) is 5.10 Å². The Morgan fingerprint density at radius 1 is 1.29 bits per heavy atom. The zero-order valence-corrected chi connectivity index (χ0v) is 14.0. The Morgan fingerprint density at radius 3 is 2.79 bits per heavy atom. The molecule has 0 radical (unpaired) electrons. The van der Waals surface area contributed by atoms with Gasteiger partial charge in [0, 0.05) is 56.4 Å². The Kier molecular flexibility index (Phi) is 4.04. The highest BCUT2D eigenvalue weighted by Crippen LogP contribution is 2.27. The van der Waals surface area contributed by atoms with Gasteiger partial charge in [0.2, 0.25) is 11.8 Å². The number of carbonyl (C=O) groups is 2. The zero-order chi connectivity index (χ0) is 16.7. The maximum Gasteiger partial charge on any atom is 0.223 e. The summed E-state index contributed by atoms with van der Waals surface area (Å²) in [6, 6.07) is 0.260. The zero-order valence-electron chi connectivity index (χ0n) is 14.0. The summed E-state index contributed by atoms with van der Waals surface area (Å²) in [6.45, 7) is 4.49. The molecule has 3 aliphatic rings. The van der Waals surface area contributed by atoms with Crippen molar-refractivity contribution in [2.24, 2.45) is 11.7 Å². The van der Waals surface area contributed by atoms with Gasteiger partial charge < -0.3 is 10.6 Å². The molecule has 2 fully saturated rings. The minimum atomic E-state index is -0.349. The van der Waals surface area contributed by atoms with Crippen molar-refractivity contribution in [1.29, 1.82) is 0 Å². The average Bonchev–Trinajstić information content (AvgIpc) is 3.25. The monoisotopic (exact) mass is 331 g/mol. The first kappa shape index (κ1) is 15.6. The van der Waals surface area contributed by atoms with Crippen molar-refractivity contribution in [2.75, 3.05) is 19.6 Å². The van der Waals surface area contributed by atoms with E-state index in [0.29, 0.717) is 6.54 Å². The minimum absolute atomic E-state index is 0.0895. The molecule has 0 bridgehead atoms. The van der Waals surface area contributed by atoms with Gasteiger partial charge in [-0.25, -0.2) is 0 Å². The van der Waals surface area contributed by atoms with Gasteiger partial charge in [0.15, 0.2) is 0 Å². The molecule has 1 aromatic heterocycles. The van der Waals surface area contributed by atoms with E-state index < -0.39 is 0 Å². The first-order valence-electron chi connectivity index (χ1n) is 8.96. The lowest BCUT2D eigenvalue weighted by atomic mass is 10.0. The predicted molar refractivity (Wildman–Crippen MR) is 87.9 cm³/mol. The number of aryl methyl sites for hydroxylation is 1. The first-order valence-corrected chi connectivity index (χ1v) is 8.96. The molecule has 2 N–H and O–H groups in total. The van der Waals surface area contributed by atoms with Crippen LogP contribution in [0.3, 0.4) is 0 Å². The number of rotatable bonds is 4. The van der Waals surface area contributed by atoms with Crippen LogP contribution in [0.15, 0.2) is 6.20 Å². The summed E-state index contributed by atoms with van der Waals surface area (Å²) in [7, 11) is 0. The lowest BCUT2D eigenvalue weighted by Crippen LogP contribution is -2.45. The first-order chi connectivity index (χ1) is 11.6. The molecule has 2 amide bonds. The molecule has 0 aliphatic carbocycles. The van der Waals surface area contributed by atoms with Crippen LogP contribution in [0.4, 0.5) is 0 Å². The number of hydrogen-bond acceptors (Lipinski definition) is 4. The number of nitrogens with two attached hydrogens (primary N) is 1. The van der Waals surface area contributed by atoms with Gasteiger partial charge in [-0.1, -0.05) is 0 Å². The maximum atomic E-state index is 12.1. The van der Waals surface area contributed by atoms with Gasteiger partial charge in [-0.15, -0.1) is 0 Å². The molecule has 3 aliphatic heterocycles. The van der Waals surface area contributed by atoms with E-state index in [2.05, 4.69) is 14.7 Å². The Balaban J connectivity index is 1.32. The van der Waals surface area contributed by atoms with Gasteiger partial charge in [-0.3, -0.25) is 19.2 Å². The fourth-order valence-corrected chi connectivity index (χ4v) is 4.37. The Morgan fingerprint density at radius 2 is 2.08 bits per heavy atom. The van der Waals surface area contributed by atoms with E-state index in [9.17, 15) is 9.59 Å². The standard InChI is InChI=1S/C17H25N5O2/c18-17(24)12-8-16(23)21(11-12)14-3-6-20(7-4-14)10-13-9-19-22-5-1-2-15(13)22/h9,12,14H,1-8,10-11H2,(H2,18,24). The molecule has 4 rings (SSSR count). The summed E-state index contributed by atoms with van der Waals surface area (Å²) >= 11 is 0. The third-order valence-electron chi connectivity index (χ3n) is 5.77. The molecule has 7 heteroatoms. The van der Waals surface area contributed by atoms with Gasteiger partial charge >= 0.3 is 0 Å². The lowest BCUT2D eigenvalue weighted by molar-refractivity contribution is -0.130. The van der Waals surface area contributed by atoms with E-state index in [1.807, 2.05) is 11.1 Å². The van der Waals surface area contributed by atoms with E-state index in [0.717, 1.165) is 45.4 Å². The smallest absolute Gasteiger partial charge is 0.223 e. The van der Waals surface area contributed by atoms with Crippen molar-refractivity contribution < 1.29 is 9.59 Å². The van der Waals surface area contributed by atoms with Crippen molar-refractivity contribution in [3.8, 4) is 0 Å². The third-order valence-corrected chi connectivity index (χ3v) is 5.77. The number of aromatic nitrogens is 2. The summed E-state index contributed by atoms with van der Waals surface area (Å²) in [5.74, 6) is -0.560. The van der Waals surface area contributed by atoms with Crippen molar-refractivity contribution in [3.05, 3.63) is 17.5 Å². The van der Waals surface area contributed by atoms with Crippen molar-refractivity contribution >= 4 is 11.8 Å².